The molecule has 10 nitrogen and oxygen atoms in total. The standard InChI is InChI=1S/C24H21N5O5/c1-14-23-21(26-28(24(23)31)16-3-5-17(6-4-16)29(32)33)12-22(30)27(14)10-9-15-13-25-20-8-7-18(34-2)11-19(15)20/h3-8,11-13,25-26H,9-10H2,1-2H3. The third-order valence-electron chi connectivity index (χ3n) is 6.12. The predicted molar refractivity (Wildman–Crippen MR) is 128 cm³/mol. The predicted octanol–water partition coefficient (Wildman–Crippen LogP) is 3.43. The number of nitrogens with one attached hydrogen (secondary N) is 2. The molecule has 0 aliphatic heterocycles. The van der Waals surface area contributed by atoms with Crippen molar-refractivity contribution in [1.29, 1.82) is 0 Å². The highest BCUT2D eigenvalue weighted by Gasteiger charge is 2.16. The zero-order chi connectivity index (χ0) is 24.0. The molecule has 0 spiro atoms. The molecule has 5 aromatic rings. The molecule has 0 bridgehead atoms. The van der Waals surface area contributed by atoms with Crippen LogP contribution in [-0.4, -0.2) is 31.4 Å². The Bertz CT molecular complexity index is 1670. The molecule has 0 aliphatic rings. The summed E-state index contributed by atoms with van der Waals surface area (Å²) in [6.45, 7) is 2.14. The fraction of sp³-hybridized carbons (Fsp3) is 0.167. The molecule has 0 fully saturated rings. The summed E-state index contributed by atoms with van der Waals surface area (Å²) in [5.41, 5.74) is 2.81. The molecular weight excluding hydrogens is 438 g/mol. The summed E-state index contributed by atoms with van der Waals surface area (Å²) in [5, 5.41) is 15.3. The average Bonchev–Trinajstić information content (AvgIpc) is 3.39. The van der Waals surface area contributed by atoms with E-state index in [9.17, 15) is 19.7 Å². The third-order valence-corrected chi connectivity index (χ3v) is 6.12. The van der Waals surface area contributed by atoms with E-state index in [1.165, 1.54) is 35.0 Å². The molecule has 0 amide bonds. The van der Waals surface area contributed by atoms with Crippen molar-refractivity contribution in [2.75, 3.05) is 7.11 Å². The summed E-state index contributed by atoms with van der Waals surface area (Å²) in [6.07, 6.45) is 2.50. The van der Waals surface area contributed by atoms with Crippen LogP contribution in [0.1, 0.15) is 11.3 Å². The fourth-order valence-corrected chi connectivity index (χ4v) is 4.32. The molecular formula is C24H21N5O5. The van der Waals surface area contributed by atoms with Crippen LogP contribution in [0.25, 0.3) is 27.5 Å². The molecule has 0 radical (unpaired) electrons. The number of hydrogen-bond acceptors (Lipinski definition) is 5. The Balaban J connectivity index is 1.52. The van der Waals surface area contributed by atoms with E-state index in [1.54, 1.807) is 18.6 Å². The number of H-pyrrole nitrogens is 2. The molecule has 0 saturated heterocycles. The molecule has 0 aliphatic carbocycles. The van der Waals surface area contributed by atoms with Crippen molar-refractivity contribution in [3.63, 3.8) is 0 Å². The number of ether oxygens (including phenoxy) is 1. The van der Waals surface area contributed by atoms with Crippen molar-refractivity contribution in [3.05, 3.63) is 96.8 Å². The third kappa shape index (κ3) is 3.45. The van der Waals surface area contributed by atoms with Crippen molar-refractivity contribution in [1.82, 2.24) is 19.3 Å². The van der Waals surface area contributed by atoms with Gasteiger partial charge in [-0.05, 0) is 49.2 Å². The van der Waals surface area contributed by atoms with Gasteiger partial charge in [0.2, 0.25) is 0 Å². The Morgan fingerprint density at radius 2 is 1.82 bits per heavy atom. The number of benzene rings is 2. The van der Waals surface area contributed by atoms with Crippen LogP contribution in [0.5, 0.6) is 5.75 Å². The Kier molecular flexibility index (Phi) is 5.05. The Morgan fingerprint density at radius 1 is 1.06 bits per heavy atom. The van der Waals surface area contributed by atoms with E-state index in [0.29, 0.717) is 35.2 Å². The van der Waals surface area contributed by atoms with Gasteiger partial charge in [0.25, 0.3) is 16.8 Å². The monoisotopic (exact) mass is 459 g/mol. The second-order valence-corrected chi connectivity index (χ2v) is 8.01. The van der Waals surface area contributed by atoms with Crippen molar-refractivity contribution >= 4 is 27.5 Å². The maximum Gasteiger partial charge on any atom is 0.280 e. The van der Waals surface area contributed by atoms with Crippen molar-refractivity contribution in [2.24, 2.45) is 0 Å². The highest BCUT2D eigenvalue weighted by molar-refractivity contribution is 5.84. The second-order valence-electron chi connectivity index (χ2n) is 8.01. The van der Waals surface area contributed by atoms with Gasteiger partial charge in [-0.25, -0.2) is 4.68 Å². The van der Waals surface area contributed by atoms with Crippen LogP contribution in [0.4, 0.5) is 5.69 Å². The Morgan fingerprint density at radius 3 is 2.53 bits per heavy atom. The maximum absolute atomic E-state index is 13.2. The Hall–Kier alpha value is -4.60. The minimum Gasteiger partial charge on any atom is -0.497 e. The first kappa shape index (κ1) is 21.3. The molecule has 10 heteroatoms. The molecule has 2 N–H and O–H groups in total. The summed E-state index contributed by atoms with van der Waals surface area (Å²) < 4.78 is 8.21. The molecule has 2 aromatic carbocycles. The van der Waals surface area contributed by atoms with Crippen LogP contribution in [0, 0.1) is 17.0 Å². The van der Waals surface area contributed by atoms with E-state index in [0.717, 1.165) is 22.2 Å². The first-order valence-corrected chi connectivity index (χ1v) is 10.6. The first-order valence-electron chi connectivity index (χ1n) is 10.6. The van der Waals surface area contributed by atoms with Crippen molar-refractivity contribution in [2.45, 2.75) is 19.9 Å². The van der Waals surface area contributed by atoms with E-state index in [-0.39, 0.29) is 16.8 Å². The average molecular weight is 459 g/mol. The number of nitrogens with zero attached hydrogens (tertiary/aromatic N) is 3. The number of aromatic amines is 2. The van der Waals surface area contributed by atoms with E-state index in [2.05, 4.69) is 10.1 Å². The number of aromatic nitrogens is 4. The van der Waals surface area contributed by atoms with E-state index < -0.39 is 4.92 Å². The van der Waals surface area contributed by atoms with Crippen LogP contribution >= 0.6 is 0 Å². The van der Waals surface area contributed by atoms with E-state index in [1.807, 2.05) is 24.4 Å². The van der Waals surface area contributed by atoms with Gasteiger partial charge in [-0.15, -0.1) is 0 Å². The summed E-state index contributed by atoms with van der Waals surface area (Å²) in [5.74, 6) is 0.752. The number of pyridine rings is 1. The fourth-order valence-electron chi connectivity index (χ4n) is 4.32. The number of methoxy groups -OCH3 is 1. The van der Waals surface area contributed by atoms with E-state index in [4.69, 9.17) is 4.74 Å². The van der Waals surface area contributed by atoms with Crippen molar-refractivity contribution < 1.29 is 9.66 Å². The van der Waals surface area contributed by atoms with Crippen LogP contribution in [0.2, 0.25) is 0 Å². The number of rotatable bonds is 6. The SMILES string of the molecule is COc1ccc2[nH]cc(CCn3c(C)c4c(=O)n(-c5ccc([N+](=O)[O-])cc5)[nH]c4cc3=O)c2c1. The lowest BCUT2D eigenvalue weighted by atomic mass is 10.1. The quantitative estimate of drug-likeness (QED) is 0.297. The highest BCUT2D eigenvalue weighted by Crippen LogP contribution is 2.24. The van der Waals surface area contributed by atoms with Gasteiger partial charge in [0.05, 0.1) is 28.6 Å². The van der Waals surface area contributed by atoms with Gasteiger partial charge >= 0.3 is 0 Å². The number of fused-ring (bicyclic) bond motifs is 2. The van der Waals surface area contributed by atoms with Crippen LogP contribution in [-0.2, 0) is 13.0 Å². The molecule has 0 atom stereocenters. The van der Waals surface area contributed by atoms with Gasteiger partial charge in [0.1, 0.15) is 5.75 Å². The zero-order valence-corrected chi connectivity index (χ0v) is 18.5. The number of non-ortho nitro benzene ring substituents is 1. The lowest BCUT2D eigenvalue weighted by Crippen LogP contribution is -2.24. The summed E-state index contributed by atoms with van der Waals surface area (Å²) >= 11 is 0. The lowest BCUT2D eigenvalue weighted by molar-refractivity contribution is -0.384. The maximum atomic E-state index is 13.2. The normalized spacial score (nSPS) is 11.4. The smallest absolute Gasteiger partial charge is 0.280 e. The molecule has 5 rings (SSSR count). The van der Waals surface area contributed by atoms with Crippen LogP contribution < -0.4 is 15.9 Å². The van der Waals surface area contributed by atoms with Gasteiger partial charge in [-0.2, -0.15) is 0 Å². The summed E-state index contributed by atoms with van der Waals surface area (Å²) in [6, 6.07) is 12.8. The zero-order valence-electron chi connectivity index (χ0n) is 18.5. The minimum absolute atomic E-state index is 0.0707. The number of hydrogen-bond donors (Lipinski definition) is 2. The molecule has 0 saturated carbocycles. The Labute approximate surface area is 192 Å². The van der Waals surface area contributed by atoms with Crippen molar-refractivity contribution in [3.8, 4) is 11.4 Å². The number of aryl methyl sites for hydroxylation is 2. The summed E-state index contributed by atoms with van der Waals surface area (Å²) in [4.78, 5) is 39.7. The largest absolute Gasteiger partial charge is 0.497 e. The summed E-state index contributed by atoms with van der Waals surface area (Å²) in [7, 11) is 1.62. The van der Waals surface area contributed by atoms with Gasteiger partial charge < -0.3 is 14.3 Å². The topological polar surface area (TPSA) is 128 Å². The molecule has 3 aromatic heterocycles. The lowest BCUT2D eigenvalue weighted by Gasteiger charge is -2.10. The highest BCUT2D eigenvalue weighted by atomic mass is 16.6. The molecule has 0 unspecified atom stereocenters. The molecule has 172 valence electrons. The van der Waals surface area contributed by atoms with E-state index >= 15 is 0 Å². The van der Waals surface area contributed by atoms with Gasteiger partial charge in [0.15, 0.2) is 0 Å². The van der Waals surface area contributed by atoms with Crippen LogP contribution in [0.3, 0.4) is 0 Å². The number of nitro benzene ring substituents is 1. The van der Waals surface area contributed by atoms with Crippen LogP contribution in [0.15, 0.2) is 64.3 Å². The number of nitro groups is 1. The van der Waals surface area contributed by atoms with Gasteiger partial charge in [0, 0.05) is 47.5 Å². The molecule has 3 heterocycles. The second kappa shape index (κ2) is 8.07. The minimum atomic E-state index is -0.502. The first-order chi connectivity index (χ1) is 16.4. The van der Waals surface area contributed by atoms with Gasteiger partial charge in [-0.1, -0.05) is 0 Å². The van der Waals surface area contributed by atoms with Gasteiger partial charge in [-0.3, -0.25) is 24.8 Å². The molecule has 34 heavy (non-hydrogen) atoms.